The molecule has 0 heterocycles. The average molecular weight is 209 g/mol. The zero-order chi connectivity index (χ0) is 11.3. The van der Waals surface area contributed by atoms with Gasteiger partial charge in [0.1, 0.15) is 5.75 Å². The molecule has 0 spiro atoms. The maximum atomic E-state index is 11.5. The molecule has 0 fully saturated rings. The number of carbonyl (C=O) groups excluding carboxylic acids is 1. The molecule has 1 rings (SSSR count). The van der Waals surface area contributed by atoms with E-state index in [4.69, 9.17) is 4.74 Å². The van der Waals surface area contributed by atoms with E-state index < -0.39 is 0 Å². The van der Waals surface area contributed by atoms with Gasteiger partial charge in [-0.2, -0.15) is 0 Å². The first-order valence-electron chi connectivity index (χ1n) is 4.70. The Bertz CT molecular complexity index is 338. The van der Waals surface area contributed by atoms with Gasteiger partial charge in [-0.25, -0.2) is 0 Å². The van der Waals surface area contributed by atoms with Crippen LogP contribution in [0.25, 0.3) is 0 Å². The first-order valence-corrected chi connectivity index (χ1v) is 4.70. The molecule has 82 valence electrons. The monoisotopic (exact) mass is 209 g/mol. The molecule has 0 saturated heterocycles. The van der Waals surface area contributed by atoms with E-state index in [0.29, 0.717) is 6.54 Å². The summed E-state index contributed by atoms with van der Waals surface area (Å²) >= 11 is 0. The second-order valence-electron chi connectivity index (χ2n) is 3.23. The van der Waals surface area contributed by atoms with E-state index in [-0.39, 0.29) is 17.6 Å². The highest BCUT2D eigenvalue weighted by Gasteiger charge is 2.20. The van der Waals surface area contributed by atoms with E-state index in [0.717, 1.165) is 5.56 Å². The van der Waals surface area contributed by atoms with E-state index in [1.807, 2.05) is 0 Å². The zero-order valence-corrected chi connectivity index (χ0v) is 8.86. The minimum atomic E-state index is -0.382. The van der Waals surface area contributed by atoms with Gasteiger partial charge >= 0.3 is 5.97 Å². The average Bonchev–Trinajstić information content (AvgIpc) is 2.25. The van der Waals surface area contributed by atoms with Crippen LogP contribution in [0.2, 0.25) is 0 Å². The van der Waals surface area contributed by atoms with Crippen molar-refractivity contribution in [1.82, 2.24) is 5.32 Å². The Morgan fingerprint density at radius 2 is 2.33 bits per heavy atom. The SMILES string of the molecule is CNCC(C(=O)OC)c1cccc(O)c1. The number of methoxy groups -OCH3 is 1. The molecule has 0 aliphatic carbocycles. The van der Waals surface area contributed by atoms with Crippen LogP contribution in [0.1, 0.15) is 11.5 Å². The molecule has 2 N–H and O–H groups in total. The van der Waals surface area contributed by atoms with Crippen LogP contribution in [0.4, 0.5) is 0 Å². The minimum Gasteiger partial charge on any atom is -0.508 e. The number of esters is 1. The molecule has 1 aromatic carbocycles. The van der Waals surface area contributed by atoms with Crippen LogP contribution in [0.3, 0.4) is 0 Å². The van der Waals surface area contributed by atoms with Gasteiger partial charge in [-0.3, -0.25) is 4.79 Å². The Morgan fingerprint density at radius 3 is 2.87 bits per heavy atom. The highest BCUT2D eigenvalue weighted by Crippen LogP contribution is 2.20. The molecule has 1 unspecified atom stereocenters. The van der Waals surface area contributed by atoms with Gasteiger partial charge < -0.3 is 15.2 Å². The Balaban J connectivity index is 2.93. The van der Waals surface area contributed by atoms with Crippen molar-refractivity contribution in [3.8, 4) is 5.75 Å². The summed E-state index contributed by atoms with van der Waals surface area (Å²) < 4.78 is 4.70. The summed E-state index contributed by atoms with van der Waals surface area (Å²) in [6, 6.07) is 6.63. The van der Waals surface area contributed by atoms with Crippen LogP contribution >= 0.6 is 0 Å². The lowest BCUT2D eigenvalue weighted by Gasteiger charge is -2.14. The van der Waals surface area contributed by atoms with E-state index in [1.54, 1.807) is 31.3 Å². The normalized spacial score (nSPS) is 12.1. The molecule has 0 aliphatic rings. The molecule has 4 nitrogen and oxygen atoms in total. The van der Waals surface area contributed by atoms with Crippen LogP contribution in [0.5, 0.6) is 5.75 Å². The van der Waals surface area contributed by atoms with Crippen molar-refractivity contribution in [2.24, 2.45) is 0 Å². The van der Waals surface area contributed by atoms with Crippen LogP contribution < -0.4 is 5.32 Å². The lowest BCUT2D eigenvalue weighted by Crippen LogP contribution is -2.25. The van der Waals surface area contributed by atoms with Crippen molar-refractivity contribution in [2.45, 2.75) is 5.92 Å². The zero-order valence-electron chi connectivity index (χ0n) is 8.86. The second-order valence-corrected chi connectivity index (χ2v) is 3.23. The number of hydrogen-bond donors (Lipinski definition) is 2. The Hall–Kier alpha value is -1.55. The third-order valence-corrected chi connectivity index (χ3v) is 2.17. The maximum absolute atomic E-state index is 11.5. The number of benzene rings is 1. The Morgan fingerprint density at radius 1 is 1.60 bits per heavy atom. The molecule has 0 saturated carbocycles. The van der Waals surface area contributed by atoms with E-state index in [2.05, 4.69) is 5.32 Å². The number of phenolic OH excluding ortho intramolecular Hbond substituents is 1. The second kappa shape index (κ2) is 5.36. The summed E-state index contributed by atoms with van der Waals surface area (Å²) in [6.45, 7) is 0.482. The number of phenols is 1. The van der Waals surface area contributed by atoms with Gasteiger partial charge in [-0.1, -0.05) is 12.1 Å². The number of nitrogens with one attached hydrogen (secondary N) is 1. The molecule has 0 amide bonds. The van der Waals surface area contributed by atoms with Crippen molar-refractivity contribution in [1.29, 1.82) is 0 Å². The molecule has 0 radical (unpaired) electrons. The molecule has 15 heavy (non-hydrogen) atoms. The van der Waals surface area contributed by atoms with Gasteiger partial charge in [0.2, 0.25) is 0 Å². The summed E-state index contributed by atoms with van der Waals surface area (Å²) in [7, 11) is 3.12. The number of likely N-dealkylation sites (N-methyl/N-ethyl adjacent to an activating group) is 1. The predicted octanol–water partition coefficient (Wildman–Crippen LogP) is 0.868. The lowest BCUT2D eigenvalue weighted by atomic mass is 9.99. The maximum Gasteiger partial charge on any atom is 0.314 e. The molecule has 4 heteroatoms. The van der Waals surface area contributed by atoms with E-state index >= 15 is 0 Å². The third-order valence-electron chi connectivity index (χ3n) is 2.17. The topological polar surface area (TPSA) is 58.6 Å². The number of hydrogen-bond acceptors (Lipinski definition) is 4. The largest absolute Gasteiger partial charge is 0.508 e. The number of aromatic hydroxyl groups is 1. The van der Waals surface area contributed by atoms with Crippen LogP contribution in [-0.4, -0.2) is 31.8 Å². The Labute approximate surface area is 88.9 Å². The van der Waals surface area contributed by atoms with Crippen molar-refractivity contribution < 1.29 is 14.6 Å². The molecule has 0 aliphatic heterocycles. The third kappa shape index (κ3) is 2.95. The predicted molar refractivity (Wildman–Crippen MR) is 56.8 cm³/mol. The number of carbonyl (C=O) groups is 1. The molecular weight excluding hydrogens is 194 g/mol. The van der Waals surface area contributed by atoms with E-state index in [9.17, 15) is 9.90 Å². The molecule has 1 aromatic rings. The van der Waals surface area contributed by atoms with Crippen LogP contribution in [-0.2, 0) is 9.53 Å². The highest BCUT2D eigenvalue weighted by molar-refractivity contribution is 5.78. The van der Waals surface area contributed by atoms with Gasteiger partial charge in [0.05, 0.1) is 13.0 Å². The van der Waals surface area contributed by atoms with Crippen molar-refractivity contribution in [3.63, 3.8) is 0 Å². The van der Waals surface area contributed by atoms with Gasteiger partial charge in [-0.05, 0) is 24.7 Å². The number of ether oxygens (including phenoxy) is 1. The minimum absolute atomic E-state index is 0.150. The highest BCUT2D eigenvalue weighted by atomic mass is 16.5. The summed E-state index contributed by atoms with van der Waals surface area (Å²) in [5, 5.41) is 12.2. The van der Waals surface area contributed by atoms with Gasteiger partial charge in [0.15, 0.2) is 0 Å². The summed E-state index contributed by atoms with van der Waals surface area (Å²) in [5.41, 5.74) is 0.746. The van der Waals surface area contributed by atoms with Crippen molar-refractivity contribution in [2.75, 3.05) is 20.7 Å². The van der Waals surface area contributed by atoms with Gasteiger partial charge in [-0.15, -0.1) is 0 Å². The van der Waals surface area contributed by atoms with Crippen LogP contribution in [0.15, 0.2) is 24.3 Å². The summed E-state index contributed by atoms with van der Waals surface area (Å²) in [5.74, 6) is -0.542. The summed E-state index contributed by atoms with van der Waals surface area (Å²) in [4.78, 5) is 11.5. The quantitative estimate of drug-likeness (QED) is 0.722. The molecule has 0 bridgehead atoms. The lowest BCUT2D eigenvalue weighted by molar-refractivity contribution is -0.142. The van der Waals surface area contributed by atoms with Crippen molar-refractivity contribution in [3.05, 3.63) is 29.8 Å². The van der Waals surface area contributed by atoms with Gasteiger partial charge in [0, 0.05) is 6.54 Å². The van der Waals surface area contributed by atoms with E-state index in [1.165, 1.54) is 7.11 Å². The first kappa shape index (κ1) is 11.5. The van der Waals surface area contributed by atoms with Crippen molar-refractivity contribution >= 4 is 5.97 Å². The summed E-state index contributed by atoms with van der Waals surface area (Å²) in [6.07, 6.45) is 0. The van der Waals surface area contributed by atoms with Gasteiger partial charge in [0.25, 0.3) is 0 Å². The number of rotatable bonds is 4. The molecule has 1 atom stereocenters. The first-order chi connectivity index (χ1) is 7.19. The molecule has 0 aromatic heterocycles. The fraction of sp³-hybridized carbons (Fsp3) is 0.364. The fourth-order valence-electron chi connectivity index (χ4n) is 1.43. The van der Waals surface area contributed by atoms with Crippen LogP contribution in [0, 0.1) is 0 Å². The standard InChI is InChI=1S/C11H15NO3/c1-12-7-10(11(14)15-2)8-4-3-5-9(13)6-8/h3-6,10,12-13H,7H2,1-2H3. The Kier molecular flexibility index (Phi) is 4.12. The fourth-order valence-corrected chi connectivity index (χ4v) is 1.43. The smallest absolute Gasteiger partial charge is 0.314 e. The molecular formula is C11H15NO3.